The van der Waals surface area contributed by atoms with Gasteiger partial charge in [-0.3, -0.25) is 0 Å². The molecule has 2 atom stereocenters. The van der Waals surface area contributed by atoms with Crippen LogP contribution >= 0.6 is 0 Å². The minimum absolute atomic E-state index is 0.170. The molecule has 0 saturated carbocycles. The molecule has 0 aromatic carbocycles. The van der Waals surface area contributed by atoms with Crippen molar-refractivity contribution in [3.05, 3.63) is 0 Å². The van der Waals surface area contributed by atoms with Gasteiger partial charge >= 0.3 is 5.76 Å². The summed E-state index contributed by atoms with van der Waals surface area (Å²) in [5.74, 6) is -3.12. The normalized spacial score (nSPS) is 31.5. The summed E-state index contributed by atoms with van der Waals surface area (Å²) in [6.07, 6.45) is 0.659. The van der Waals surface area contributed by atoms with Crippen molar-refractivity contribution in [2.75, 3.05) is 6.54 Å². The highest BCUT2D eigenvalue weighted by atomic mass is 32.2. The number of hydrogen-bond donors (Lipinski definition) is 0. The van der Waals surface area contributed by atoms with E-state index in [4.69, 9.17) is 0 Å². The molecule has 0 aromatic heterocycles. The van der Waals surface area contributed by atoms with E-state index in [9.17, 15) is 17.2 Å². The molecule has 3 nitrogen and oxygen atoms in total. The first-order chi connectivity index (χ1) is 5.85. The Hall–Kier alpha value is -0.230. The molecule has 0 spiro atoms. The van der Waals surface area contributed by atoms with Crippen LogP contribution in [0.2, 0.25) is 0 Å². The third-order valence-electron chi connectivity index (χ3n) is 2.28. The van der Waals surface area contributed by atoms with E-state index < -0.39 is 15.8 Å². The average molecular weight is 213 g/mol. The predicted molar refractivity (Wildman–Crippen MR) is 44.9 cm³/mol. The third-order valence-corrected chi connectivity index (χ3v) is 3.89. The summed E-state index contributed by atoms with van der Waals surface area (Å²) in [6.45, 7) is 3.73. The Bertz CT molecular complexity index is 278. The lowest BCUT2D eigenvalue weighted by Gasteiger charge is -2.19. The molecule has 13 heavy (non-hydrogen) atoms. The highest BCUT2D eigenvalue weighted by Crippen LogP contribution is 2.27. The van der Waals surface area contributed by atoms with Gasteiger partial charge in [-0.15, -0.1) is 0 Å². The molecule has 0 bridgehead atoms. The minimum atomic E-state index is -4.36. The second kappa shape index (κ2) is 3.49. The van der Waals surface area contributed by atoms with Gasteiger partial charge in [-0.1, -0.05) is 6.92 Å². The molecule has 1 saturated heterocycles. The first-order valence-electron chi connectivity index (χ1n) is 4.14. The van der Waals surface area contributed by atoms with Crippen LogP contribution < -0.4 is 0 Å². The molecule has 0 aromatic rings. The summed E-state index contributed by atoms with van der Waals surface area (Å²) in [7, 11) is -4.36. The summed E-state index contributed by atoms with van der Waals surface area (Å²) < 4.78 is 47.3. The van der Waals surface area contributed by atoms with Crippen LogP contribution in [0.15, 0.2) is 0 Å². The zero-order chi connectivity index (χ0) is 10.2. The van der Waals surface area contributed by atoms with Gasteiger partial charge in [0, 0.05) is 12.6 Å². The number of alkyl halides is 2. The van der Waals surface area contributed by atoms with Crippen LogP contribution in [-0.2, 0) is 10.0 Å². The van der Waals surface area contributed by atoms with Crippen molar-refractivity contribution in [3.8, 4) is 0 Å². The number of halogens is 2. The topological polar surface area (TPSA) is 37.4 Å². The maximum atomic E-state index is 12.1. The monoisotopic (exact) mass is 213 g/mol. The largest absolute Gasteiger partial charge is 0.350 e. The van der Waals surface area contributed by atoms with Crippen molar-refractivity contribution in [2.45, 2.75) is 32.1 Å². The van der Waals surface area contributed by atoms with Crippen molar-refractivity contribution in [1.82, 2.24) is 4.31 Å². The Morgan fingerprint density at radius 3 is 2.23 bits per heavy atom. The summed E-state index contributed by atoms with van der Waals surface area (Å²) in [5.41, 5.74) is 0. The van der Waals surface area contributed by atoms with Crippen LogP contribution in [0.4, 0.5) is 8.78 Å². The molecule has 0 aliphatic carbocycles. The molecular weight excluding hydrogens is 200 g/mol. The second-order valence-electron chi connectivity index (χ2n) is 3.57. The number of sulfonamides is 1. The zero-order valence-corrected chi connectivity index (χ0v) is 8.39. The molecule has 78 valence electrons. The van der Waals surface area contributed by atoms with E-state index in [2.05, 4.69) is 0 Å². The second-order valence-corrected chi connectivity index (χ2v) is 5.42. The van der Waals surface area contributed by atoms with E-state index in [1.54, 1.807) is 6.92 Å². The van der Waals surface area contributed by atoms with Crippen molar-refractivity contribution in [1.29, 1.82) is 0 Å². The van der Waals surface area contributed by atoms with Gasteiger partial charge in [-0.25, -0.2) is 8.42 Å². The van der Waals surface area contributed by atoms with Crippen LogP contribution in [0.25, 0.3) is 0 Å². The number of rotatable bonds is 2. The van der Waals surface area contributed by atoms with Gasteiger partial charge in [-0.05, 0) is 19.3 Å². The molecule has 1 aliphatic heterocycles. The smallest absolute Gasteiger partial charge is 0.206 e. The van der Waals surface area contributed by atoms with Gasteiger partial charge in [0.25, 0.3) is 10.0 Å². The van der Waals surface area contributed by atoms with Crippen molar-refractivity contribution >= 4 is 10.0 Å². The summed E-state index contributed by atoms with van der Waals surface area (Å²) in [4.78, 5) is 0. The summed E-state index contributed by atoms with van der Waals surface area (Å²) in [6, 6.07) is -0.297. The first kappa shape index (κ1) is 10.8. The van der Waals surface area contributed by atoms with Gasteiger partial charge in [-0.2, -0.15) is 13.1 Å². The van der Waals surface area contributed by atoms with E-state index in [1.165, 1.54) is 0 Å². The molecule has 0 radical (unpaired) electrons. The fraction of sp³-hybridized carbons (Fsp3) is 1.00. The lowest BCUT2D eigenvalue weighted by molar-refractivity contribution is 0.217. The minimum Gasteiger partial charge on any atom is -0.206 e. The molecule has 6 heteroatoms. The van der Waals surface area contributed by atoms with Gasteiger partial charge in [0.15, 0.2) is 0 Å². The van der Waals surface area contributed by atoms with E-state index >= 15 is 0 Å². The molecular formula is C7H13F2NO2S. The maximum absolute atomic E-state index is 12.1. The van der Waals surface area contributed by atoms with Gasteiger partial charge in [0.2, 0.25) is 0 Å². The Balaban J connectivity index is 2.84. The van der Waals surface area contributed by atoms with Crippen LogP contribution in [0.3, 0.4) is 0 Å². The van der Waals surface area contributed by atoms with Crippen LogP contribution in [0.5, 0.6) is 0 Å². The molecule has 2 unspecified atom stereocenters. The van der Waals surface area contributed by atoms with E-state index in [-0.39, 0.29) is 18.5 Å². The highest BCUT2D eigenvalue weighted by molar-refractivity contribution is 7.89. The fourth-order valence-corrected chi connectivity index (χ4v) is 2.97. The van der Waals surface area contributed by atoms with E-state index in [0.717, 1.165) is 4.31 Å². The Morgan fingerprint density at radius 1 is 1.38 bits per heavy atom. The number of hydrogen-bond acceptors (Lipinski definition) is 2. The lowest BCUT2D eigenvalue weighted by atomic mass is 10.1. The van der Waals surface area contributed by atoms with Gasteiger partial charge < -0.3 is 0 Å². The molecule has 1 aliphatic rings. The summed E-state index contributed by atoms with van der Waals surface area (Å²) in [5, 5.41) is 0. The number of nitrogens with zero attached hydrogens (tertiary/aromatic N) is 1. The van der Waals surface area contributed by atoms with Crippen LogP contribution in [-0.4, -0.2) is 31.1 Å². The summed E-state index contributed by atoms with van der Waals surface area (Å²) >= 11 is 0. The molecule has 0 N–H and O–H groups in total. The lowest BCUT2D eigenvalue weighted by Crippen LogP contribution is -2.37. The molecule has 1 heterocycles. The SMILES string of the molecule is CC1CC(C)N(S(=O)(=O)C(F)F)C1. The zero-order valence-electron chi connectivity index (χ0n) is 7.57. The van der Waals surface area contributed by atoms with Crippen LogP contribution in [0, 0.1) is 5.92 Å². The van der Waals surface area contributed by atoms with Crippen molar-refractivity contribution in [3.63, 3.8) is 0 Å². The Morgan fingerprint density at radius 2 is 1.92 bits per heavy atom. The van der Waals surface area contributed by atoms with Crippen molar-refractivity contribution < 1.29 is 17.2 Å². The van der Waals surface area contributed by atoms with Gasteiger partial charge in [0.1, 0.15) is 0 Å². The quantitative estimate of drug-likeness (QED) is 0.692. The molecule has 1 rings (SSSR count). The van der Waals surface area contributed by atoms with E-state index in [0.29, 0.717) is 6.42 Å². The third kappa shape index (κ3) is 1.99. The molecule has 1 fully saturated rings. The van der Waals surface area contributed by atoms with Gasteiger partial charge in [0.05, 0.1) is 0 Å². The predicted octanol–water partition coefficient (Wildman–Crippen LogP) is 1.27. The maximum Gasteiger partial charge on any atom is 0.350 e. The standard InChI is InChI=1S/C7H13F2NO2S/c1-5-3-6(2)10(4-5)13(11,12)7(8)9/h5-7H,3-4H2,1-2H3. The Labute approximate surface area is 76.8 Å². The first-order valence-corrected chi connectivity index (χ1v) is 5.65. The van der Waals surface area contributed by atoms with Crippen LogP contribution in [0.1, 0.15) is 20.3 Å². The van der Waals surface area contributed by atoms with E-state index in [1.807, 2.05) is 6.92 Å². The fourth-order valence-electron chi connectivity index (χ4n) is 1.72. The highest BCUT2D eigenvalue weighted by Gasteiger charge is 2.40. The van der Waals surface area contributed by atoms with Crippen molar-refractivity contribution in [2.24, 2.45) is 5.92 Å². The average Bonchev–Trinajstić information content (AvgIpc) is 2.30. The molecule has 0 amide bonds. The Kier molecular flexibility index (Phi) is 2.91.